The predicted octanol–water partition coefficient (Wildman–Crippen LogP) is 3.99. The van der Waals surface area contributed by atoms with E-state index in [4.69, 9.17) is 4.98 Å². The number of hydrogen-bond acceptors (Lipinski definition) is 4. The highest BCUT2D eigenvalue weighted by Gasteiger charge is 2.19. The molecule has 19 heavy (non-hydrogen) atoms. The summed E-state index contributed by atoms with van der Waals surface area (Å²) >= 11 is 5.36. The van der Waals surface area contributed by atoms with Gasteiger partial charge in [-0.3, -0.25) is 0 Å². The Morgan fingerprint density at radius 1 is 1.37 bits per heavy atom. The van der Waals surface area contributed by atoms with Crippen molar-refractivity contribution < 1.29 is 0 Å². The summed E-state index contributed by atoms with van der Waals surface area (Å²) in [6.45, 7) is 6.24. The van der Waals surface area contributed by atoms with Gasteiger partial charge < -0.3 is 4.90 Å². The van der Waals surface area contributed by atoms with E-state index in [0.717, 1.165) is 35.8 Å². The van der Waals surface area contributed by atoms with Crippen LogP contribution in [0.3, 0.4) is 0 Å². The monoisotopic (exact) mass is 337 g/mol. The van der Waals surface area contributed by atoms with Crippen molar-refractivity contribution in [2.24, 2.45) is 0 Å². The molecule has 0 bridgehead atoms. The van der Waals surface area contributed by atoms with Gasteiger partial charge in [0, 0.05) is 30.0 Å². The zero-order valence-corrected chi connectivity index (χ0v) is 13.5. The van der Waals surface area contributed by atoms with E-state index >= 15 is 0 Å². The predicted molar refractivity (Wildman–Crippen MR) is 82.9 cm³/mol. The van der Waals surface area contributed by atoms with Crippen molar-refractivity contribution in [2.75, 3.05) is 11.4 Å². The number of aromatic nitrogens is 2. The number of thiophene rings is 1. The summed E-state index contributed by atoms with van der Waals surface area (Å²) in [5.74, 6) is 2.28. The van der Waals surface area contributed by atoms with Gasteiger partial charge in [0.2, 0.25) is 0 Å². The molecule has 0 N–H and O–H groups in total. The van der Waals surface area contributed by atoms with Crippen LogP contribution in [0.25, 0.3) is 0 Å². The van der Waals surface area contributed by atoms with Gasteiger partial charge in [0.15, 0.2) is 0 Å². The molecule has 0 saturated carbocycles. The maximum atomic E-state index is 4.70. The van der Waals surface area contributed by atoms with Crippen molar-refractivity contribution in [3.05, 3.63) is 38.4 Å². The summed E-state index contributed by atoms with van der Waals surface area (Å²) in [7, 11) is 0. The highest BCUT2D eigenvalue weighted by Crippen LogP contribution is 2.28. The Labute approximate surface area is 125 Å². The lowest BCUT2D eigenvalue weighted by atomic mass is 10.1. The molecule has 0 spiro atoms. The van der Waals surface area contributed by atoms with Gasteiger partial charge >= 0.3 is 0 Å². The molecular weight excluding hydrogens is 322 g/mol. The second-order valence-corrected chi connectivity index (χ2v) is 6.92. The summed E-state index contributed by atoms with van der Waals surface area (Å²) in [5.41, 5.74) is 1.44. The van der Waals surface area contributed by atoms with Crippen molar-refractivity contribution in [3.8, 4) is 0 Å². The fraction of sp³-hybridized carbons (Fsp3) is 0.429. The molecule has 0 saturated heterocycles. The quantitative estimate of drug-likeness (QED) is 0.776. The third-order valence-corrected chi connectivity index (χ3v) is 4.78. The first-order valence-corrected chi connectivity index (χ1v) is 8.15. The number of nitrogens with zero attached hydrogens (tertiary/aromatic N) is 3. The molecule has 5 heteroatoms. The smallest absolute Gasteiger partial charge is 0.134 e. The fourth-order valence-electron chi connectivity index (χ4n) is 2.29. The lowest BCUT2D eigenvalue weighted by molar-refractivity contribution is 0.708. The van der Waals surface area contributed by atoms with Gasteiger partial charge in [0.05, 0.1) is 0 Å². The molecule has 3 rings (SSSR count). The molecular formula is C14H16BrN3S. The Hall–Kier alpha value is -0.940. The van der Waals surface area contributed by atoms with Gasteiger partial charge in [-0.05, 0) is 39.4 Å². The molecule has 1 aliphatic heterocycles. The van der Waals surface area contributed by atoms with E-state index in [1.807, 2.05) is 17.4 Å². The summed E-state index contributed by atoms with van der Waals surface area (Å²) in [6, 6.07) is 4.25. The van der Waals surface area contributed by atoms with E-state index < -0.39 is 0 Å². The molecule has 0 aliphatic carbocycles. The molecule has 1 aliphatic rings. The van der Waals surface area contributed by atoms with Gasteiger partial charge in [0.1, 0.15) is 16.2 Å². The lowest BCUT2D eigenvalue weighted by Gasteiger charge is -2.28. The normalized spacial score (nSPS) is 14.8. The van der Waals surface area contributed by atoms with Crippen molar-refractivity contribution in [3.63, 3.8) is 0 Å². The van der Waals surface area contributed by atoms with Crippen LogP contribution in [0.2, 0.25) is 0 Å². The van der Waals surface area contributed by atoms with Gasteiger partial charge in [-0.1, -0.05) is 13.8 Å². The number of hydrogen-bond donors (Lipinski definition) is 0. The van der Waals surface area contributed by atoms with E-state index in [1.54, 1.807) is 0 Å². The van der Waals surface area contributed by atoms with Crippen molar-refractivity contribution in [2.45, 2.75) is 32.7 Å². The molecule has 0 unspecified atom stereocenters. The summed E-state index contributed by atoms with van der Waals surface area (Å²) < 4.78 is 0.873. The summed E-state index contributed by atoms with van der Waals surface area (Å²) in [6.07, 6.45) is 1.12. The average molecular weight is 338 g/mol. The standard InChI is InChI=1S/C14H16BrN3S/c1-9(2)14-16-12(15)7-13(17-14)18-5-3-11-10(8-18)4-6-19-11/h4,6-7,9H,3,5,8H2,1-2H3. The van der Waals surface area contributed by atoms with Crippen LogP contribution in [0.1, 0.15) is 36.0 Å². The largest absolute Gasteiger partial charge is 0.352 e. The average Bonchev–Trinajstić information content (AvgIpc) is 2.85. The molecule has 3 nitrogen and oxygen atoms in total. The number of rotatable bonds is 2. The molecule has 0 atom stereocenters. The Bertz CT molecular complexity index is 594. The van der Waals surface area contributed by atoms with Gasteiger partial charge in [0.25, 0.3) is 0 Å². The molecule has 0 aromatic carbocycles. The molecule has 0 fully saturated rings. The molecule has 2 aromatic rings. The molecule has 0 radical (unpaired) electrons. The van der Waals surface area contributed by atoms with Crippen LogP contribution in [0.4, 0.5) is 5.82 Å². The van der Waals surface area contributed by atoms with Crippen LogP contribution >= 0.6 is 27.3 Å². The zero-order valence-electron chi connectivity index (χ0n) is 11.1. The Balaban J connectivity index is 1.91. The minimum absolute atomic E-state index is 0.345. The SMILES string of the molecule is CC(C)c1nc(Br)cc(N2CCc3sccc3C2)n1. The Morgan fingerprint density at radius 2 is 2.21 bits per heavy atom. The first-order valence-electron chi connectivity index (χ1n) is 6.48. The molecule has 3 heterocycles. The highest BCUT2D eigenvalue weighted by atomic mass is 79.9. The maximum Gasteiger partial charge on any atom is 0.134 e. The van der Waals surface area contributed by atoms with Crippen LogP contribution in [-0.4, -0.2) is 16.5 Å². The Morgan fingerprint density at radius 3 is 3.00 bits per heavy atom. The second kappa shape index (κ2) is 5.21. The summed E-state index contributed by atoms with van der Waals surface area (Å²) in [4.78, 5) is 13.0. The van der Waals surface area contributed by atoms with Crippen LogP contribution in [-0.2, 0) is 13.0 Å². The minimum Gasteiger partial charge on any atom is -0.352 e. The van der Waals surface area contributed by atoms with Gasteiger partial charge in [-0.2, -0.15) is 0 Å². The minimum atomic E-state index is 0.345. The molecule has 100 valence electrons. The van der Waals surface area contributed by atoms with E-state index in [-0.39, 0.29) is 0 Å². The fourth-order valence-corrected chi connectivity index (χ4v) is 3.56. The topological polar surface area (TPSA) is 29.0 Å². The number of halogens is 1. The van der Waals surface area contributed by atoms with E-state index in [1.165, 1.54) is 10.4 Å². The van der Waals surface area contributed by atoms with Gasteiger partial charge in [-0.15, -0.1) is 11.3 Å². The van der Waals surface area contributed by atoms with Crippen molar-refractivity contribution in [1.29, 1.82) is 0 Å². The van der Waals surface area contributed by atoms with Gasteiger partial charge in [-0.25, -0.2) is 9.97 Å². The van der Waals surface area contributed by atoms with E-state index in [2.05, 4.69) is 51.1 Å². The molecule has 2 aromatic heterocycles. The summed E-state index contributed by atoms with van der Waals surface area (Å²) in [5, 5.41) is 2.18. The second-order valence-electron chi connectivity index (χ2n) is 5.10. The Kier molecular flexibility index (Phi) is 3.58. The first-order chi connectivity index (χ1) is 9.13. The van der Waals surface area contributed by atoms with Crippen LogP contribution < -0.4 is 4.90 Å². The third kappa shape index (κ3) is 2.67. The van der Waals surface area contributed by atoms with Crippen LogP contribution in [0.5, 0.6) is 0 Å². The van der Waals surface area contributed by atoms with Crippen LogP contribution in [0, 0.1) is 0 Å². The van der Waals surface area contributed by atoms with E-state index in [9.17, 15) is 0 Å². The number of anilines is 1. The zero-order chi connectivity index (χ0) is 13.4. The van der Waals surface area contributed by atoms with Crippen LogP contribution in [0.15, 0.2) is 22.1 Å². The number of fused-ring (bicyclic) bond motifs is 1. The van der Waals surface area contributed by atoms with Crippen molar-refractivity contribution >= 4 is 33.1 Å². The highest BCUT2D eigenvalue weighted by molar-refractivity contribution is 9.10. The third-order valence-electron chi connectivity index (χ3n) is 3.35. The van der Waals surface area contributed by atoms with E-state index in [0.29, 0.717) is 5.92 Å². The lowest BCUT2D eigenvalue weighted by Crippen LogP contribution is -2.30. The first kappa shape index (κ1) is 13.1. The van der Waals surface area contributed by atoms with Crippen molar-refractivity contribution in [1.82, 2.24) is 9.97 Å². The maximum absolute atomic E-state index is 4.70. The molecule has 0 amide bonds.